The molecule has 20 heavy (non-hydrogen) atoms. The van der Waals surface area contributed by atoms with Crippen LogP contribution in [0.1, 0.15) is 36.9 Å². The Labute approximate surface area is 124 Å². The third kappa shape index (κ3) is 4.45. The molecule has 0 spiro atoms. The van der Waals surface area contributed by atoms with Gasteiger partial charge in [0.1, 0.15) is 5.01 Å². The van der Waals surface area contributed by atoms with E-state index in [1.807, 2.05) is 12.3 Å². The van der Waals surface area contributed by atoms with Crippen LogP contribution in [0.2, 0.25) is 0 Å². The summed E-state index contributed by atoms with van der Waals surface area (Å²) in [6.07, 6.45) is 3.64. The summed E-state index contributed by atoms with van der Waals surface area (Å²) in [6.45, 7) is 7.70. The Morgan fingerprint density at radius 2 is 2.20 bits per heavy atom. The number of carbonyl (C=O) groups excluding carboxylic acids is 1. The molecule has 1 aliphatic heterocycles. The van der Waals surface area contributed by atoms with Crippen molar-refractivity contribution in [3.8, 4) is 0 Å². The third-order valence-electron chi connectivity index (χ3n) is 3.69. The average molecular weight is 296 g/mol. The van der Waals surface area contributed by atoms with E-state index in [2.05, 4.69) is 27.4 Å². The first-order valence-corrected chi connectivity index (χ1v) is 8.23. The number of amides is 2. The maximum absolute atomic E-state index is 11.8. The summed E-state index contributed by atoms with van der Waals surface area (Å²) in [7, 11) is 0. The van der Waals surface area contributed by atoms with Crippen molar-refractivity contribution >= 4 is 17.4 Å². The Hall–Kier alpha value is -1.14. The lowest BCUT2D eigenvalue weighted by Crippen LogP contribution is -2.45. The number of rotatable bonds is 6. The summed E-state index contributed by atoms with van der Waals surface area (Å²) >= 11 is 1.58. The second kappa shape index (κ2) is 7.59. The molecule has 1 unspecified atom stereocenters. The molecule has 0 aliphatic carbocycles. The molecule has 2 rings (SSSR count). The normalized spacial score (nSPS) is 17.1. The Kier molecular flexibility index (Phi) is 5.79. The van der Waals surface area contributed by atoms with Gasteiger partial charge in [-0.05, 0) is 39.3 Å². The zero-order chi connectivity index (χ0) is 14.4. The first-order valence-electron chi connectivity index (χ1n) is 7.35. The topological polar surface area (TPSA) is 57.3 Å². The highest BCUT2D eigenvalue weighted by atomic mass is 32.1. The van der Waals surface area contributed by atoms with Crippen LogP contribution in [-0.2, 0) is 6.54 Å². The molecule has 6 heteroatoms. The second-order valence-electron chi connectivity index (χ2n) is 5.25. The standard InChI is InChI=1S/C14H24N4OS/c1-3-12(18-6-4-5-7-18)8-15-14(19)16-9-13-17-11(2)10-20-13/h10,12H,3-9H2,1-2H3,(H2,15,16,19). The molecule has 1 aliphatic rings. The van der Waals surface area contributed by atoms with E-state index in [4.69, 9.17) is 0 Å². The SMILES string of the molecule is CCC(CNC(=O)NCc1nc(C)cs1)N1CCCC1. The lowest BCUT2D eigenvalue weighted by atomic mass is 10.2. The fourth-order valence-electron chi connectivity index (χ4n) is 2.55. The van der Waals surface area contributed by atoms with Crippen LogP contribution in [0.4, 0.5) is 4.79 Å². The lowest BCUT2D eigenvalue weighted by Gasteiger charge is -2.26. The van der Waals surface area contributed by atoms with Gasteiger partial charge in [0.05, 0.1) is 6.54 Å². The molecule has 5 nitrogen and oxygen atoms in total. The van der Waals surface area contributed by atoms with Crippen molar-refractivity contribution in [3.63, 3.8) is 0 Å². The third-order valence-corrected chi connectivity index (χ3v) is 4.66. The van der Waals surface area contributed by atoms with Gasteiger partial charge < -0.3 is 10.6 Å². The zero-order valence-corrected chi connectivity index (χ0v) is 13.1. The van der Waals surface area contributed by atoms with Crippen LogP contribution in [0.15, 0.2) is 5.38 Å². The van der Waals surface area contributed by atoms with Crippen molar-refractivity contribution in [1.29, 1.82) is 0 Å². The van der Waals surface area contributed by atoms with Gasteiger partial charge in [0.2, 0.25) is 0 Å². The molecule has 2 amide bonds. The molecule has 1 saturated heterocycles. The molecule has 0 aromatic carbocycles. The van der Waals surface area contributed by atoms with Gasteiger partial charge >= 0.3 is 6.03 Å². The molecule has 0 bridgehead atoms. The first kappa shape index (κ1) is 15.3. The molecular formula is C14H24N4OS. The van der Waals surface area contributed by atoms with Crippen LogP contribution in [0.25, 0.3) is 0 Å². The Morgan fingerprint density at radius 1 is 1.45 bits per heavy atom. The number of urea groups is 1. The van der Waals surface area contributed by atoms with Crippen molar-refractivity contribution in [2.45, 2.75) is 45.7 Å². The minimum atomic E-state index is -0.101. The predicted octanol–water partition coefficient (Wildman–Crippen LogP) is 2.13. The molecule has 1 aromatic rings. The van der Waals surface area contributed by atoms with Crippen LogP contribution >= 0.6 is 11.3 Å². The van der Waals surface area contributed by atoms with Gasteiger partial charge in [-0.1, -0.05) is 6.92 Å². The van der Waals surface area contributed by atoms with Crippen LogP contribution < -0.4 is 10.6 Å². The van der Waals surface area contributed by atoms with Crippen LogP contribution in [0.3, 0.4) is 0 Å². The molecule has 0 saturated carbocycles. The smallest absolute Gasteiger partial charge is 0.315 e. The van der Waals surface area contributed by atoms with Crippen molar-refractivity contribution in [1.82, 2.24) is 20.5 Å². The molecule has 112 valence electrons. The van der Waals surface area contributed by atoms with Crippen LogP contribution in [0, 0.1) is 6.92 Å². The van der Waals surface area contributed by atoms with E-state index < -0.39 is 0 Å². The maximum atomic E-state index is 11.8. The van der Waals surface area contributed by atoms with Gasteiger partial charge in [-0.15, -0.1) is 11.3 Å². The van der Waals surface area contributed by atoms with E-state index in [0.29, 0.717) is 12.6 Å². The zero-order valence-electron chi connectivity index (χ0n) is 12.3. The monoisotopic (exact) mass is 296 g/mol. The van der Waals surface area contributed by atoms with Crippen LogP contribution in [0.5, 0.6) is 0 Å². The number of carbonyl (C=O) groups is 1. The summed E-state index contributed by atoms with van der Waals surface area (Å²) in [5.41, 5.74) is 1.01. The second-order valence-corrected chi connectivity index (χ2v) is 6.19. The lowest BCUT2D eigenvalue weighted by molar-refractivity contribution is 0.216. The highest BCUT2D eigenvalue weighted by Gasteiger charge is 2.20. The van der Waals surface area contributed by atoms with E-state index in [-0.39, 0.29) is 6.03 Å². The van der Waals surface area contributed by atoms with E-state index in [0.717, 1.165) is 23.7 Å². The Bertz CT molecular complexity index is 429. The van der Waals surface area contributed by atoms with Crippen molar-refractivity contribution in [2.24, 2.45) is 0 Å². The quantitative estimate of drug-likeness (QED) is 0.845. The predicted molar refractivity (Wildman–Crippen MR) is 82.0 cm³/mol. The van der Waals surface area contributed by atoms with Crippen molar-refractivity contribution in [3.05, 3.63) is 16.1 Å². The minimum Gasteiger partial charge on any atom is -0.337 e. The van der Waals surface area contributed by atoms with Crippen molar-refractivity contribution < 1.29 is 4.79 Å². The minimum absolute atomic E-state index is 0.101. The first-order chi connectivity index (χ1) is 9.69. The summed E-state index contributed by atoms with van der Waals surface area (Å²) in [5, 5.41) is 8.78. The largest absolute Gasteiger partial charge is 0.337 e. The van der Waals surface area contributed by atoms with E-state index in [1.54, 1.807) is 11.3 Å². The summed E-state index contributed by atoms with van der Waals surface area (Å²) < 4.78 is 0. The number of aromatic nitrogens is 1. The van der Waals surface area contributed by atoms with Gasteiger partial charge in [0, 0.05) is 23.7 Å². The highest BCUT2D eigenvalue weighted by Crippen LogP contribution is 2.13. The fraction of sp³-hybridized carbons (Fsp3) is 0.714. The highest BCUT2D eigenvalue weighted by molar-refractivity contribution is 7.09. The number of aryl methyl sites for hydroxylation is 1. The molecule has 2 heterocycles. The number of likely N-dealkylation sites (tertiary alicyclic amines) is 1. The molecular weight excluding hydrogens is 272 g/mol. The van der Waals surface area contributed by atoms with Gasteiger partial charge in [0.25, 0.3) is 0 Å². The van der Waals surface area contributed by atoms with E-state index in [9.17, 15) is 4.79 Å². The number of nitrogens with one attached hydrogen (secondary N) is 2. The summed E-state index contributed by atoms with van der Waals surface area (Å²) in [4.78, 5) is 18.6. The number of hydrogen-bond acceptors (Lipinski definition) is 4. The molecule has 1 aromatic heterocycles. The summed E-state index contributed by atoms with van der Waals surface area (Å²) in [5.74, 6) is 0. The number of nitrogens with zero attached hydrogens (tertiary/aromatic N) is 2. The van der Waals surface area contributed by atoms with Gasteiger partial charge in [-0.3, -0.25) is 4.90 Å². The van der Waals surface area contributed by atoms with E-state index in [1.165, 1.54) is 25.9 Å². The number of thiazole rings is 1. The average Bonchev–Trinajstić information content (AvgIpc) is 3.09. The van der Waals surface area contributed by atoms with Gasteiger partial charge in [-0.2, -0.15) is 0 Å². The van der Waals surface area contributed by atoms with E-state index >= 15 is 0 Å². The fourth-order valence-corrected chi connectivity index (χ4v) is 3.26. The molecule has 2 N–H and O–H groups in total. The molecule has 1 atom stereocenters. The van der Waals surface area contributed by atoms with Crippen LogP contribution in [-0.4, -0.2) is 41.6 Å². The van der Waals surface area contributed by atoms with Gasteiger partial charge in [0.15, 0.2) is 0 Å². The number of hydrogen-bond donors (Lipinski definition) is 2. The molecule has 1 fully saturated rings. The molecule has 0 radical (unpaired) electrons. The maximum Gasteiger partial charge on any atom is 0.315 e. The Morgan fingerprint density at radius 3 is 2.80 bits per heavy atom. The Balaban J connectivity index is 1.68. The summed E-state index contributed by atoms with van der Waals surface area (Å²) in [6, 6.07) is 0.362. The van der Waals surface area contributed by atoms with Crippen molar-refractivity contribution in [2.75, 3.05) is 19.6 Å². The van der Waals surface area contributed by atoms with Gasteiger partial charge in [-0.25, -0.2) is 9.78 Å².